The van der Waals surface area contributed by atoms with Crippen LogP contribution in [0.1, 0.15) is 34.5 Å². The zero-order chi connectivity index (χ0) is 16.8. The molecule has 1 saturated heterocycles. The van der Waals surface area contributed by atoms with E-state index in [1.165, 1.54) is 5.56 Å². The molecule has 2 heterocycles. The van der Waals surface area contributed by atoms with E-state index < -0.39 is 0 Å². The van der Waals surface area contributed by atoms with E-state index in [2.05, 4.69) is 20.6 Å². The zero-order valence-corrected chi connectivity index (χ0v) is 13.8. The van der Waals surface area contributed by atoms with Crippen LogP contribution in [0.3, 0.4) is 0 Å². The molecule has 3 rings (SSSR count). The molecule has 1 fully saturated rings. The van der Waals surface area contributed by atoms with Gasteiger partial charge in [0.05, 0.1) is 6.10 Å². The second-order valence-corrected chi connectivity index (χ2v) is 5.95. The van der Waals surface area contributed by atoms with E-state index in [0.29, 0.717) is 24.7 Å². The monoisotopic (exact) mass is 326 g/mol. The van der Waals surface area contributed by atoms with Crippen LogP contribution in [-0.2, 0) is 11.3 Å². The van der Waals surface area contributed by atoms with Crippen molar-refractivity contribution in [2.45, 2.75) is 32.4 Å². The van der Waals surface area contributed by atoms with Gasteiger partial charge in [0, 0.05) is 25.9 Å². The van der Waals surface area contributed by atoms with Crippen LogP contribution in [0.5, 0.6) is 0 Å². The summed E-state index contributed by atoms with van der Waals surface area (Å²) in [5.74, 6) is 0.242. The lowest BCUT2D eigenvalue weighted by molar-refractivity contribution is 0.0946. The number of nitrogens with one attached hydrogen (secondary N) is 2. The molecule has 1 aliphatic rings. The minimum Gasteiger partial charge on any atom is -0.376 e. The predicted molar refractivity (Wildman–Crippen MR) is 91.8 cm³/mol. The van der Waals surface area contributed by atoms with Crippen molar-refractivity contribution in [1.82, 2.24) is 15.3 Å². The molecule has 0 saturated carbocycles. The molecule has 1 amide bonds. The normalized spacial score (nSPS) is 16.8. The fourth-order valence-electron chi connectivity index (χ4n) is 2.56. The van der Waals surface area contributed by atoms with E-state index in [1.807, 2.05) is 31.2 Å². The number of ether oxygens (including phenoxy) is 1. The van der Waals surface area contributed by atoms with E-state index in [0.717, 1.165) is 25.0 Å². The molecule has 1 aromatic carbocycles. The van der Waals surface area contributed by atoms with Gasteiger partial charge < -0.3 is 15.4 Å². The summed E-state index contributed by atoms with van der Waals surface area (Å²) >= 11 is 0. The fourth-order valence-corrected chi connectivity index (χ4v) is 2.56. The topological polar surface area (TPSA) is 76.1 Å². The molecule has 0 bridgehead atoms. The molecule has 1 aromatic heterocycles. The summed E-state index contributed by atoms with van der Waals surface area (Å²) in [6.45, 7) is 3.99. The number of benzene rings is 1. The summed E-state index contributed by atoms with van der Waals surface area (Å²) < 4.78 is 5.55. The highest BCUT2D eigenvalue weighted by Crippen LogP contribution is 2.12. The molecule has 1 aliphatic heterocycles. The van der Waals surface area contributed by atoms with Crippen LogP contribution in [-0.4, -0.2) is 35.1 Å². The van der Waals surface area contributed by atoms with Crippen LogP contribution in [0.2, 0.25) is 0 Å². The van der Waals surface area contributed by atoms with Crippen LogP contribution in [0.15, 0.2) is 36.5 Å². The quantitative estimate of drug-likeness (QED) is 0.852. The van der Waals surface area contributed by atoms with Crippen LogP contribution < -0.4 is 10.6 Å². The second-order valence-electron chi connectivity index (χ2n) is 5.95. The lowest BCUT2D eigenvalue weighted by Crippen LogP contribution is -2.25. The van der Waals surface area contributed by atoms with E-state index in [1.54, 1.807) is 12.3 Å². The molecule has 6 nitrogen and oxygen atoms in total. The first-order valence-electron chi connectivity index (χ1n) is 8.23. The fraction of sp³-hybridized carbons (Fsp3) is 0.389. The number of hydrogen-bond donors (Lipinski definition) is 2. The van der Waals surface area contributed by atoms with E-state index in [9.17, 15) is 4.79 Å². The smallest absolute Gasteiger partial charge is 0.270 e. The third-order valence-corrected chi connectivity index (χ3v) is 3.97. The van der Waals surface area contributed by atoms with Crippen molar-refractivity contribution in [2.75, 3.05) is 18.5 Å². The van der Waals surface area contributed by atoms with E-state index >= 15 is 0 Å². The molecule has 1 atom stereocenters. The average Bonchev–Trinajstić information content (AvgIpc) is 3.13. The molecular weight excluding hydrogens is 304 g/mol. The SMILES string of the molecule is Cc1ccc(CNC(=O)c2ccnc(NCC3CCCO3)n2)cc1. The number of carbonyl (C=O) groups is 1. The summed E-state index contributed by atoms with van der Waals surface area (Å²) in [6, 6.07) is 9.68. The van der Waals surface area contributed by atoms with Crippen LogP contribution in [0.25, 0.3) is 0 Å². The van der Waals surface area contributed by atoms with Gasteiger partial charge in [-0.3, -0.25) is 4.79 Å². The molecular formula is C18H22N4O2. The Hall–Kier alpha value is -2.47. The number of rotatable bonds is 6. The number of aromatic nitrogens is 2. The number of carbonyl (C=O) groups excluding carboxylic acids is 1. The number of anilines is 1. The van der Waals surface area contributed by atoms with Crippen molar-refractivity contribution < 1.29 is 9.53 Å². The first-order chi connectivity index (χ1) is 11.7. The van der Waals surface area contributed by atoms with Crippen LogP contribution >= 0.6 is 0 Å². The minimum atomic E-state index is -0.210. The molecule has 0 radical (unpaired) electrons. The standard InChI is InChI=1S/C18H22N4O2/c1-13-4-6-14(7-5-13)11-20-17(23)16-8-9-19-18(22-16)21-12-15-3-2-10-24-15/h4-9,15H,2-3,10-12H2,1H3,(H,20,23)(H,19,21,22). The van der Waals surface area contributed by atoms with Gasteiger partial charge in [-0.25, -0.2) is 9.97 Å². The maximum Gasteiger partial charge on any atom is 0.270 e. The predicted octanol–water partition coefficient (Wildman–Crippen LogP) is 2.31. The Morgan fingerprint density at radius 1 is 1.29 bits per heavy atom. The molecule has 1 unspecified atom stereocenters. The highest BCUT2D eigenvalue weighted by Gasteiger charge is 2.16. The Morgan fingerprint density at radius 3 is 2.88 bits per heavy atom. The van der Waals surface area contributed by atoms with Crippen molar-refractivity contribution in [2.24, 2.45) is 0 Å². The molecule has 0 spiro atoms. The summed E-state index contributed by atoms with van der Waals surface area (Å²) in [7, 11) is 0. The first kappa shape index (κ1) is 16.4. The van der Waals surface area contributed by atoms with Gasteiger partial charge in [-0.2, -0.15) is 0 Å². The third-order valence-electron chi connectivity index (χ3n) is 3.97. The van der Waals surface area contributed by atoms with Gasteiger partial charge in [-0.15, -0.1) is 0 Å². The second kappa shape index (κ2) is 7.88. The Balaban J connectivity index is 1.54. The Labute approximate surface area is 141 Å². The molecule has 0 aliphatic carbocycles. The van der Waals surface area contributed by atoms with Crippen molar-refractivity contribution in [3.63, 3.8) is 0 Å². The van der Waals surface area contributed by atoms with E-state index in [-0.39, 0.29) is 12.0 Å². The van der Waals surface area contributed by atoms with Gasteiger partial charge in [-0.05, 0) is 31.4 Å². The maximum atomic E-state index is 12.2. The van der Waals surface area contributed by atoms with Crippen molar-refractivity contribution >= 4 is 11.9 Å². The summed E-state index contributed by atoms with van der Waals surface area (Å²) in [5, 5.41) is 6.01. The number of amides is 1. The third kappa shape index (κ3) is 4.52. The molecule has 24 heavy (non-hydrogen) atoms. The van der Waals surface area contributed by atoms with Gasteiger partial charge in [0.2, 0.25) is 5.95 Å². The summed E-state index contributed by atoms with van der Waals surface area (Å²) in [6.07, 6.45) is 3.93. The van der Waals surface area contributed by atoms with Crippen LogP contribution in [0.4, 0.5) is 5.95 Å². The lowest BCUT2D eigenvalue weighted by atomic mass is 10.1. The molecule has 6 heteroatoms. The first-order valence-corrected chi connectivity index (χ1v) is 8.23. The van der Waals surface area contributed by atoms with Gasteiger partial charge in [0.15, 0.2) is 0 Å². The Kier molecular flexibility index (Phi) is 5.38. The Bertz CT molecular complexity index is 682. The van der Waals surface area contributed by atoms with E-state index in [4.69, 9.17) is 4.74 Å². The lowest BCUT2D eigenvalue weighted by Gasteiger charge is -2.11. The maximum absolute atomic E-state index is 12.2. The molecule has 2 N–H and O–H groups in total. The highest BCUT2D eigenvalue weighted by atomic mass is 16.5. The average molecular weight is 326 g/mol. The largest absolute Gasteiger partial charge is 0.376 e. The summed E-state index contributed by atoms with van der Waals surface area (Å²) in [4.78, 5) is 20.7. The van der Waals surface area contributed by atoms with Crippen LogP contribution in [0, 0.1) is 6.92 Å². The highest BCUT2D eigenvalue weighted by molar-refractivity contribution is 5.92. The number of nitrogens with zero attached hydrogens (tertiary/aromatic N) is 2. The van der Waals surface area contributed by atoms with Crippen molar-refractivity contribution in [3.8, 4) is 0 Å². The number of aryl methyl sites for hydroxylation is 1. The minimum absolute atomic E-state index is 0.201. The summed E-state index contributed by atoms with van der Waals surface area (Å²) in [5.41, 5.74) is 2.61. The van der Waals surface area contributed by atoms with Gasteiger partial charge in [0.25, 0.3) is 5.91 Å². The number of hydrogen-bond acceptors (Lipinski definition) is 5. The molecule has 126 valence electrons. The zero-order valence-electron chi connectivity index (χ0n) is 13.8. The molecule has 2 aromatic rings. The van der Waals surface area contributed by atoms with Crippen molar-refractivity contribution in [1.29, 1.82) is 0 Å². The van der Waals surface area contributed by atoms with Crippen molar-refractivity contribution in [3.05, 3.63) is 53.3 Å². The van der Waals surface area contributed by atoms with Gasteiger partial charge in [0.1, 0.15) is 5.69 Å². The van der Waals surface area contributed by atoms with Gasteiger partial charge >= 0.3 is 0 Å². The van der Waals surface area contributed by atoms with Gasteiger partial charge in [-0.1, -0.05) is 29.8 Å². The Morgan fingerprint density at radius 2 is 2.12 bits per heavy atom.